The van der Waals surface area contributed by atoms with Crippen molar-refractivity contribution in [3.8, 4) is 0 Å². The highest BCUT2D eigenvalue weighted by Gasteiger charge is 2.33. The largest absolute Gasteiger partial charge is 0.383 e. The summed E-state index contributed by atoms with van der Waals surface area (Å²) in [5.74, 6) is 0. The fourth-order valence-corrected chi connectivity index (χ4v) is 3.91. The van der Waals surface area contributed by atoms with Crippen molar-refractivity contribution in [2.45, 2.75) is 51.6 Å². The number of methoxy groups -OCH3 is 1. The lowest BCUT2D eigenvalue weighted by atomic mass is 9.79. The van der Waals surface area contributed by atoms with Crippen molar-refractivity contribution in [3.05, 3.63) is 0 Å². The second-order valence-corrected chi connectivity index (χ2v) is 7.00. The fourth-order valence-electron chi connectivity index (χ4n) is 3.91. The first kappa shape index (κ1) is 17.2. The maximum atomic E-state index is 5.69. The van der Waals surface area contributed by atoms with E-state index < -0.39 is 0 Å². The van der Waals surface area contributed by atoms with Gasteiger partial charge in [0.25, 0.3) is 0 Å². The van der Waals surface area contributed by atoms with Gasteiger partial charge in [-0.15, -0.1) is 0 Å². The normalized spacial score (nSPS) is 27.4. The van der Waals surface area contributed by atoms with Gasteiger partial charge in [0, 0.05) is 39.8 Å². The van der Waals surface area contributed by atoms with Gasteiger partial charge >= 0.3 is 0 Å². The van der Waals surface area contributed by atoms with Crippen LogP contribution in [0, 0.1) is 5.41 Å². The third-order valence-corrected chi connectivity index (χ3v) is 5.03. The molecule has 4 nitrogen and oxygen atoms in total. The van der Waals surface area contributed by atoms with Crippen LogP contribution in [-0.4, -0.2) is 64.1 Å². The smallest absolute Gasteiger partial charge is 0.0674 e. The average molecular weight is 298 g/mol. The van der Waals surface area contributed by atoms with E-state index in [0.29, 0.717) is 11.5 Å². The van der Waals surface area contributed by atoms with Crippen LogP contribution in [0.4, 0.5) is 0 Å². The predicted molar refractivity (Wildman–Crippen MR) is 86.7 cm³/mol. The molecule has 0 aromatic carbocycles. The van der Waals surface area contributed by atoms with Crippen LogP contribution in [0.3, 0.4) is 0 Å². The van der Waals surface area contributed by atoms with Crippen LogP contribution >= 0.6 is 0 Å². The van der Waals surface area contributed by atoms with Crippen LogP contribution in [-0.2, 0) is 9.47 Å². The summed E-state index contributed by atoms with van der Waals surface area (Å²) in [6, 6.07) is 0. The summed E-state index contributed by atoms with van der Waals surface area (Å²) in [5, 5.41) is 3.64. The SMILES string of the molecule is COCCNCC1(CN2CCOC(C)C2)CCCCCC1. The molecule has 1 saturated carbocycles. The van der Waals surface area contributed by atoms with Crippen LogP contribution in [0.2, 0.25) is 0 Å². The van der Waals surface area contributed by atoms with E-state index in [2.05, 4.69) is 17.1 Å². The molecule has 0 amide bonds. The molecule has 1 saturated heterocycles. The van der Waals surface area contributed by atoms with Crippen molar-refractivity contribution >= 4 is 0 Å². The molecule has 2 aliphatic rings. The molecule has 124 valence electrons. The lowest BCUT2D eigenvalue weighted by molar-refractivity contribution is -0.0343. The van der Waals surface area contributed by atoms with Gasteiger partial charge in [-0.1, -0.05) is 25.7 Å². The molecule has 0 spiro atoms. The van der Waals surface area contributed by atoms with E-state index in [1.54, 1.807) is 7.11 Å². The molecule has 1 heterocycles. The van der Waals surface area contributed by atoms with Gasteiger partial charge in [0.2, 0.25) is 0 Å². The van der Waals surface area contributed by atoms with Crippen LogP contribution in [0.5, 0.6) is 0 Å². The molecular formula is C17H34N2O2. The van der Waals surface area contributed by atoms with Crippen LogP contribution in [0.15, 0.2) is 0 Å². The molecule has 0 radical (unpaired) electrons. The van der Waals surface area contributed by atoms with Gasteiger partial charge in [-0.05, 0) is 25.2 Å². The van der Waals surface area contributed by atoms with Gasteiger partial charge in [-0.25, -0.2) is 0 Å². The van der Waals surface area contributed by atoms with Gasteiger partial charge in [-0.3, -0.25) is 4.90 Å². The van der Waals surface area contributed by atoms with Crippen LogP contribution in [0.25, 0.3) is 0 Å². The second-order valence-electron chi connectivity index (χ2n) is 7.00. The maximum absolute atomic E-state index is 5.69. The molecule has 0 bridgehead atoms. The summed E-state index contributed by atoms with van der Waals surface area (Å²) in [6.07, 6.45) is 8.76. The Bertz CT molecular complexity index is 278. The van der Waals surface area contributed by atoms with Crippen molar-refractivity contribution in [3.63, 3.8) is 0 Å². The van der Waals surface area contributed by atoms with Crippen molar-refractivity contribution in [1.29, 1.82) is 0 Å². The number of ether oxygens (including phenoxy) is 2. The standard InChI is InChI=1S/C17H34N2O2/c1-16-13-19(10-12-21-16)15-17(14-18-9-11-20-2)7-5-3-4-6-8-17/h16,18H,3-15H2,1-2H3. The monoisotopic (exact) mass is 298 g/mol. The zero-order valence-corrected chi connectivity index (χ0v) is 14.0. The second kappa shape index (κ2) is 9.09. The molecule has 2 fully saturated rings. The van der Waals surface area contributed by atoms with E-state index in [4.69, 9.17) is 9.47 Å². The first-order valence-corrected chi connectivity index (χ1v) is 8.78. The molecule has 1 N–H and O–H groups in total. The predicted octanol–water partition coefficient (Wildman–Crippen LogP) is 2.28. The van der Waals surface area contributed by atoms with Gasteiger partial charge in [-0.2, -0.15) is 0 Å². The highest BCUT2D eigenvalue weighted by Crippen LogP contribution is 2.35. The van der Waals surface area contributed by atoms with Gasteiger partial charge < -0.3 is 14.8 Å². The molecular weight excluding hydrogens is 264 g/mol. The summed E-state index contributed by atoms with van der Waals surface area (Å²) in [7, 11) is 1.78. The summed E-state index contributed by atoms with van der Waals surface area (Å²) in [4.78, 5) is 2.64. The summed E-state index contributed by atoms with van der Waals surface area (Å²) >= 11 is 0. The Hall–Kier alpha value is -0.160. The van der Waals surface area contributed by atoms with Crippen molar-refractivity contribution < 1.29 is 9.47 Å². The summed E-state index contributed by atoms with van der Waals surface area (Å²) in [5.41, 5.74) is 0.460. The lowest BCUT2D eigenvalue weighted by Crippen LogP contribution is -2.49. The van der Waals surface area contributed by atoms with Gasteiger partial charge in [0.15, 0.2) is 0 Å². The molecule has 21 heavy (non-hydrogen) atoms. The molecule has 1 unspecified atom stereocenters. The quantitative estimate of drug-likeness (QED) is 0.577. The van der Waals surface area contributed by atoms with Crippen molar-refractivity contribution in [1.82, 2.24) is 10.2 Å². The number of hydrogen-bond acceptors (Lipinski definition) is 4. The number of hydrogen-bond donors (Lipinski definition) is 1. The fraction of sp³-hybridized carbons (Fsp3) is 1.00. The molecule has 2 rings (SSSR count). The molecule has 1 atom stereocenters. The zero-order valence-electron chi connectivity index (χ0n) is 14.0. The van der Waals surface area contributed by atoms with E-state index in [1.807, 2.05) is 0 Å². The topological polar surface area (TPSA) is 33.7 Å². The highest BCUT2D eigenvalue weighted by molar-refractivity contribution is 4.88. The minimum absolute atomic E-state index is 0.392. The number of morpholine rings is 1. The third kappa shape index (κ3) is 5.85. The first-order chi connectivity index (χ1) is 10.2. The van der Waals surface area contributed by atoms with Crippen molar-refractivity contribution in [2.24, 2.45) is 5.41 Å². The Morgan fingerprint density at radius 1 is 1.24 bits per heavy atom. The minimum Gasteiger partial charge on any atom is -0.383 e. The Balaban J connectivity index is 1.89. The van der Waals surface area contributed by atoms with Crippen molar-refractivity contribution in [2.75, 3.05) is 53.0 Å². The Kier molecular flexibility index (Phi) is 7.44. The van der Waals surface area contributed by atoms with Gasteiger partial charge in [0.05, 0.1) is 19.3 Å². The molecule has 1 aliphatic heterocycles. The van der Waals surface area contributed by atoms with E-state index in [0.717, 1.165) is 39.4 Å². The molecule has 1 aliphatic carbocycles. The third-order valence-electron chi connectivity index (χ3n) is 5.03. The van der Waals surface area contributed by atoms with E-state index in [-0.39, 0.29) is 0 Å². The van der Waals surface area contributed by atoms with E-state index >= 15 is 0 Å². The molecule has 4 heteroatoms. The van der Waals surface area contributed by atoms with E-state index in [1.165, 1.54) is 45.1 Å². The number of rotatable bonds is 7. The number of nitrogens with one attached hydrogen (secondary N) is 1. The van der Waals surface area contributed by atoms with Gasteiger partial charge in [0.1, 0.15) is 0 Å². The van der Waals surface area contributed by atoms with Crippen LogP contribution < -0.4 is 5.32 Å². The zero-order chi connectivity index (χ0) is 15.0. The summed E-state index contributed by atoms with van der Waals surface area (Å²) < 4.78 is 10.9. The highest BCUT2D eigenvalue weighted by atomic mass is 16.5. The lowest BCUT2D eigenvalue weighted by Gasteiger charge is -2.41. The Morgan fingerprint density at radius 3 is 2.67 bits per heavy atom. The minimum atomic E-state index is 0.392. The number of nitrogens with zero attached hydrogens (tertiary/aromatic N) is 1. The summed E-state index contributed by atoms with van der Waals surface area (Å²) in [6.45, 7) is 9.45. The van der Waals surface area contributed by atoms with E-state index in [9.17, 15) is 0 Å². The average Bonchev–Trinajstić information content (AvgIpc) is 2.70. The Labute approximate surface area is 130 Å². The molecule has 0 aromatic heterocycles. The first-order valence-electron chi connectivity index (χ1n) is 8.78. The maximum Gasteiger partial charge on any atom is 0.0674 e. The molecule has 0 aromatic rings. The Morgan fingerprint density at radius 2 is 2.00 bits per heavy atom. The van der Waals surface area contributed by atoms with Crippen LogP contribution in [0.1, 0.15) is 45.4 Å².